The van der Waals surface area contributed by atoms with Crippen molar-refractivity contribution >= 4 is 12.0 Å². The third-order valence-electron chi connectivity index (χ3n) is 3.88. The summed E-state index contributed by atoms with van der Waals surface area (Å²) in [6.07, 6.45) is 7.09. The Morgan fingerprint density at radius 2 is 1.96 bits per heavy atom. The molecule has 132 valence electrons. The summed E-state index contributed by atoms with van der Waals surface area (Å²) in [4.78, 5) is 10.8. The second-order valence-electron chi connectivity index (χ2n) is 5.83. The summed E-state index contributed by atoms with van der Waals surface area (Å²) in [5.41, 5.74) is 2.98. The van der Waals surface area contributed by atoms with Crippen LogP contribution in [0, 0.1) is 0 Å². The van der Waals surface area contributed by atoms with Crippen LogP contribution in [0.3, 0.4) is 0 Å². The average molecular weight is 348 g/mol. The minimum Gasteiger partial charge on any atom is -0.493 e. The summed E-state index contributed by atoms with van der Waals surface area (Å²) < 4.78 is 7.79. The van der Waals surface area contributed by atoms with E-state index in [1.54, 1.807) is 12.3 Å². The van der Waals surface area contributed by atoms with Crippen molar-refractivity contribution in [2.24, 2.45) is 0 Å². The molecule has 0 spiro atoms. The lowest BCUT2D eigenvalue weighted by molar-refractivity contribution is -0.131. The zero-order chi connectivity index (χ0) is 18.2. The average Bonchev–Trinajstić information content (AvgIpc) is 3.15. The number of hydrogen-bond donors (Lipinski definition) is 1. The Bertz CT molecular complexity index is 872. The molecule has 0 saturated heterocycles. The van der Waals surface area contributed by atoms with Gasteiger partial charge in [-0.3, -0.25) is 4.68 Å². The third kappa shape index (κ3) is 5.08. The van der Waals surface area contributed by atoms with Gasteiger partial charge in [-0.1, -0.05) is 42.5 Å². The Kier molecular flexibility index (Phi) is 5.83. The minimum absolute atomic E-state index is 0.517. The summed E-state index contributed by atoms with van der Waals surface area (Å²) in [6.45, 7) is 1.15. The summed E-state index contributed by atoms with van der Waals surface area (Å²) in [5.74, 6) is -0.316. The molecule has 26 heavy (non-hydrogen) atoms. The van der Waals surface area contributed by atoms with Crippen LogP contribution in [0.25, 0.3) is 6.08 Å². The Labute approximate surface area is 152 Å². The maximum Gasteiger partial charge on any atom is 0.328 e. The fraction of sp³-hybridized carbons (Fsp3) is 0.143. The molecule has 0 radical (unpaired) electrons. The predicted octanol–water partition coefficient (Wildman–Crippen LogP) is 3.65. The van der Waals surface area contributed by atoms with Crippen LogP contribution in [-0.4, -0.2) is 27.5 Å². The van der Waals surface area contributed by atoms with Gasteiger partial charge in [0.15, 0.2) is 0 Å². The van der Waals surface area contributed by atoms with Gasteiger partial charge in [0.1, 0.15) is 5.75 Å². The summed E-state index contributed by atoms with van der Waals surface area (Å²) in [6, 6.07) is 17.7. The highest BCUT2D eigenvalue weighted by atomic mass is 16.5. The Balaban J connectivity index is 1.74. The lowest BCUT2D eigenvalue weighted by atomic mass is 10.1. The van der Waals surface area contributed by atoms with E-state index in [1.807, 2.05) is 53.3 Å². The second-order valence-corrected chi connectivity index (χ2v) is 5.83. The van der Waals surface area contributed by atoms with Gasteiger partial charge < -0.3 is 9.84 Å². The first-order valence-corrected chi connectivity index (χ1v) is 8.39. The lowest BCUT2D eigenvalue weighted by Crippen LogP contribution is -2.05. The van der Waals surface area contributed by atoms with E-state index in [-0.39, 0.29) is 0 Å². The van der Waals surface area contributed by atoms with E-state index in [4.69, 9.17) is 9.84 Å². The fourth-order valence-electron chi connectivity index (χ4n) is 2.61. The molecule has 0 bridgehead atoms. The summed E-state index contributed by atoms with van der Waals surface area (Å²) >= 11 is 0. The van der Waals surface area contributed by atoms with Crippen molar-refractivity contribution in [3.05, 3.63) is 89.8 Å². The van der Waals surface area contributed by atoms with Crippen molar-refractivity contribution in [2.75, 3.05) is 6.61 Å². The van der Waals surface area contributed by atoms with Crippen LogP contribution in [0.4, 0.5) is 0 Å². The maximum atomic E-state index is 10.8. The van der Waals surface area contributed by atoms with Crippen molar-refractivity contribution in [1.82, 2.24) is 9.78 Å². The van der Waals surface area contributed by atoms with E-state index >= 15 is 0 Å². The molecular weight excluding hydrogens is 328 g/mol. The number of benzene rings is 2. The molecule has 2 aromatic carbocycles. The van der Waals surface area contributed by atoms with Crippen LogP contribution in [0.15, 0.2) is 73.1 Å². The Morgan fingerprint density at radius 3 is 2.69 bits per heavy atom. The third-order valence-corrected chi connectivity index (χ3v) is 3.88. The number of nitrogens with zero attached hydrogens (tertiary/aromatic N) is 2. The largest absolute Gasteiger partial charge is 0.493 e. The number of ether oxygens (including phenoxy) is 1. The van der Waals surface area contributed by atoms with Gasteiger partial charge in [0.2, 0.25) is 0 Å². The quantitative estimate of drug-likeness (QED) is 0.631. The van der Waals surface area contributed by atoms with Crippen LogP contribution < -0.4 is 4.74 Å². The standard InChI is InChI=1S/C21H20N2O3/c24-21(25)10-9-19-8-7-18(16-23-13-4-12-22-23)15-20(19)26-14-11-17-5-2-1-3-6-17/h1-10,12-13,15H,11,14,16H2,(H,24,25). The topological polar surface area (TPSA) is 64.3 Å². The second kappa shape index (κ2) is 8.67. The summed E-state index contributed by atoms with van der Waals surface area (Å²) in [7, 11) is 0. The van der Waals surface area contributed by atoms with Gasteiger partial charge in [-0.05, 0) is 29.3 Å². The predicted molar refractivity (Wildman–Crippen MR) is 100 cm³/mol. The zero-order valence-corrected chi connectivity index (χ0v) is 14.3. The van der Waals surface area contributed by atoms with Crippen molar-refractivity contribution < 1.29 is 14.6 Å². The van der Waals surface area contributed by atoms with Crippen LogP contribution in [0.1, 0.15) is 16.7 Å². The van der Waals surface area contributed by atoms with Crippen molar-refractivity contribution in [2.45, 2.75) is 13.0 Å². The molecule has 1 heterocycles. The molecule has 0 fully saturated rings. The van der Waals surface area contributed by atoms with Crippen LogP contribution in [0.2, 0.25) is 0 Å². The molecule has 3 rings (SSSR count). The highest BCUT2D eigenvalue weighted by Crippen LogP contribution is 2.23. The number of aromatic nitrogens is 2. The van der Waals surface area contributed by atoms with E-state index in [2.05, 4.69) is 17.2 Å². The van der Waals surface area contributed by atoms with E-state index < -0.39 is 5.97 Å². The van der Waals surface area contributed by atoms with Crippen LogP contribution in [-0.2, 0) is 17.8 Å². The highest BCUT2D eigenvalue weighted by Gasteiger charge is 2.05. The molecule has 0 amide bonds. The van der Waals surface area contributed by atoms with E-state index in [9.17, 15) is 4.79 Å². The van der Waals surface area contributed by atoms with E-state index in [0.717, 1.165) is 23.6 Å². The number of aliphatic carboxylic acids is 1. The number of carbonyl (C=O) groups is 1. The molecule has 0 aliphatic heterocycles. The Morgan fingerprint density at radius 1 is 1.12 bits per heavy atom. The van der Waals surface area contributed by atoms with Gasteiger partial charge >= 0.3 is 5.97 Å². The SMILES string of the molecule is O=C(O)C=Cc1ccc(Cn2cccn2)cc1OCCc1ccccc1. The molecule has 0 aliphatic rings. The first kappa shape index (κ1) is 17.5. The molecule has 5 heteroatoms. The van der Waals surface area contributed by atoms with Crippen molar-refractivity contribution in [3.8, 4) is 5.75 Å². The molecule has 0 saturated carbocycles. The van der Waals surface area contributed by atoms with Gasteiger partial charge in [0, 0.05) is 30.5 Å². The molecule has 0 atom stereocenters. The van der Waals surface area contributed by atoms with Crippen LogP contribution >= 0.6 is 0 Å². The first-order valence-electron chi connectivity index (χ1n) is 8.39. The molecular formula is C21H20N2O3. The molecule has 1 aromatic heterocycles. The van der Waals surface area contributed by atoms with Gasteiger partial charge in [0.05, 0.1) is 13.2 Å². The number of carboxylic acid groups (broad SMARTS) is 1. The van der Waals surface area contributed by atoms with Crippen molar-refractivity contribution in [1.29, 1.82) is 0 Å². The fourth-order valence-corrected chi connectivity index (χ4v) is 2.61. The Hall–Kier alpha value is -3.34. The number of hydrogen-bond acceptors (Lipinski definition) is 3. The van der Waals surface area contributed by atoms with Gasteiger partial charge in [-0.25, -0.2) is 4.79 Å². The molecule has 5 nitrogen and oxygen atoms in total. The normalized spacial score (nSPS) is 10.9. The smallest absolute Gasteiger partial charge is 0.328 e. The molecule has 3 aromatic rings. The lowest BCUT2D eigenvalue weighted by Gasteiger charge is -2.12. The van der Waals surface area contributed by atoms with Gasteiger partial charge in [0.25, 0.3) is 0 Å². The number of carboxylic acids is 1. The molecule has 1 N–H and O–H groups in total. The highest BCUT2D eigenvalue weighted by molar-refractivity contribution is 5.85. The maximum absolute atomic E-state index is 10.8. The van der Waals surface area contributed by atoms with Crippen LogP contribution in [0.5, 0.6) is 5.75 Å². The van der Waals surface area contributed by atoms with E-state index in [1.165, 1.54) is 5.56 Å². The zero-order valence-electron chi connectivity index (χ0n) is 14.3. The van der Waals surface area contributed by atoms with Gasteiger partial charge in [-0.15, -0.1) is 0 Å². The summed E-state index contributed by atoms with van der Waals surface area (Å²) in [5, 5.41) is 13.1. The van der Waals surface area contributed by atoms with Crippen molar-refractivity contribution in [3.63, 3.8) is 0 Å². The van der Waals surface area contributed by atoms with Gasteiger partial charge in [-0.2, -0.15) is 5.10 Å². The van der Waals surface area contributed by atoms with E-state index in [0.29, 0.717) is 18.9 Å². The number of rotatable bonds is 8. The first-order chi connectivity index (χ1) is 12.7. The minimum atomic E-state index is -0.985. The molecule has 0 aliphatic carbocycles. The monoisotopic (exact) mass is 348 g/mol. The molecule has 0 unspecified atom stereocenters.